The predicted octanol–water partition coefficient (Wildman–Crippen LogP) is 1.44. The Bertz CT molecular complexity index is 222. The quantitative estimate of drug-likeness (QED) is 0.785. The average Bonchev–Trinajstić information content (AvgIpc) is 2.05. The number of rotatable bonds is 2. The number of benzene rings is 1. The Balaban J connectivity index is 2.81. The van der Waals surface area contributed by atoms with Crippen LogP contribution < -0.4 is 5.73 Å². The van der Waals surface area contributed by atoms with Crippen molar-refractivity contribution >= 4 is 15.9 Å². The van der Waals surface area contributed by atoms with E-state index >= 15 is 0 Å². The highest BCUT2D eigenvalue weighted by atomic mass is 79.9. The molecule has 0 radical (unpaired) electrons. The maximum Gasteiger partial charge on any atom is 0.0624 e. The summed E-state index contributed by atoms with van der Waals surface area (Å²) in [7, 11) is 0. The number of hydrogen-bond acceptors (Lipinski definition) is 2. The standard InChI is InChI=1S/C8H10BrNO/c9-7-3-1-6(2-4-7)8(10)5-11/h1-4,8,11H,5,10H2. The molecule has 0 amide bonds. The van der Waals surface area contributed by atoms with E-state index in [0.717, 1.165) is 10.0 Å². The van der Waals surface area contributed by atoms with Gasteiger partial charge >= 0.3 is 0 Å². The van der Waals surface area contributed by atoms with E-state index in [1.807, 2.05) is 24.3 Å². The lowest BCUT2D eigenvalue weighted by atomic mass is 10.1. The zero-order chi connectivity index (χ0) is 8.27. The second-order valence-corrected chi connectivity index (χ2v) is 3.26. The van der Waals surface area contributed by atoms with Crippen molar-refractivity contribution < 1.29 is 5.11 Å². The van der Waals surface area contributed by atoms with E-state index in [0.29, 0.717) is 0 Å². The molecule has 0 aliphatic heterocycles. The van der Waals surface area contributed by atoms with Gasteiger partial charge in [-0.1, -0.05) is 28.1 Å². The van der Waals surface area contributed by atoms with Crippen LogP contribution in [0.3, 0.4) is 0 Å². The molecule has 1 rings (SSSR count). The first-order chi connectivity index (χ1) is 5.24. The zero-order valence-electron chi connectivity index (χ0n) is 6.00. The van der Waals surface area contributed by atoms with Crippen molar-refractivity contribution in [3.8, 4) is 0 Å². The SMILES string of the molecule is NC(CO)c1ccc(Br)cc1. The van der Waals surface area contributed by atoms with Crippen molar-refractivity contribution in [3.05, 3.63) is 34.3 Å². The molecule has 0 aromatic heterocycles. The number of nitrogens with two attached hydrogens (primary N) is 1. The molecule has 1 aromatic carbocycles. The van der Waals surface area contributed by atoms with Crippen LogP contribution >= 0.6 is 15.9 Å². The maximum absolute atomic E-state index is 8.72. The Morgan fingerprint density at radius 1 is 1.36 bits per heavy atom. The van der Waals surface area contributed by atoms with E-state index in [-0.39, 0.29) is 12.6 Å². The molecule has 0 aliphatic carbocycles. The summed E-state index contributed by atoms with van der Waals surface area (Å²) in [5.41, 5.74) is 6.53. The topological polar surface area (TPSA) is 46.2 Å². The molecule has 0 saturated carbocycles. The third-order valence-corrected chi connectivity index (χ3v) is 2.02. The van der Waals surface area contributed by atoms with E-state index in [9.17, 15) is 0 Å². The molecule has 1 unspecified atom stereocenters. The summed E-state index contributed by atoms with van der Waals surface area (Å²) < 4.78 is 1.02. The summed E-state index contributed by atoms with van der Waals surface area (Å²) in [6.07, 6.45) is 0. The Hall–Kier alpha value is -0.380. The second kappa shape index (κ2) is 3.85. The van der Waals surface area contributed by atoms with Gasteiger partial charge in [0.15, 0.2) is 0 Å². The summed E-state index contributed by atoms with van der Waals surface area (Å²) in [5.74, 6) is 0. The Morgan fingerprint density at radius 3 is 2.36 bits per heavy atom. The highest BCUT2D eigenvalue weighted by Gasteiger charge is 2.01. The van der Waals surface area contributed by atoms with Crippen molar-refractivity contribution in [1.82, 2.24) is 0 Å². The average molecular weight is 216 g/mol. The molecule has 11 heavy (non-hydrogen) atoms. The van der Waals surface area contributed by atoms with Crippen molar-refractivity contribution in [2.45, 2.75) is 6.04 Å². The van der Waals surface area contributed by atoms with Crippen LogP contribution in [-0.2, 0) is 0 Å². The summed E-state index contributed by atoms with van der Waals surface area (Å²) in [6, 6.07) is 7.34. The minimum atomic E-state index is -0.261. The lowest BCUT2D eigenvalue weighted by Crippen LogP contribution is -2.13. The van der Waals surface area contributed by atoms with Crippen LogP contribution in [0.1, 0.15) is 11.6 Å². The Labute approximate surface area is 74.2 Å². The molecular weight excluding hydrogens is 206 g/mol. The van der Waals surface area contributed by atoms with Crippen LogP contribution in [0.25, 0.3) is 0 Å². The van der Waals surface area contributed by atoms with Gasteiger partial charge in [0.25, 0.3) is 0 Å². The van der Waals surface area contributed by atoms with Crippen molar-refractivity contribution in [3.63, 3.8) is 0 Å². The first-order valence-electron chi connectivity index (χ1n) is 3.36. The van der Waals surface area contributed by atoms with Gasteiger partial charge in [-0.25, -0.2) is 0 Å². The molecular formula is C8H10BrNO. The van der Waals surface area contributed by atoms with Gasteiger partial charge in [0.1, 0.15) is 0 Å². The molecule has 1 aromatic rings. The molecule has 3 heteroatoms. The molecule has 2 nitrogen and oxygen atoms in total. The highest BCUT2D eigenvalue weighted by molar-refractivity contribution is 9.10. The molecule has 0 spiro atoms. The van der Waals surface area contributed by atoms with E-state index in [2.05, 4.69) is 15.9 Å². The molecule has 0 bridgehead atoms. The third kappa shape index (κ3) is 2.29. The maximum atomic E-state index is 8.72. The smallest absolute Gasteiger partial charge is 0.0624 e. The van der Waals surface area contributed by atoms with Gasteiger partial charge < -0.3 is 10.8 Å². The van der Waals surface area contributed by atoms with Crippen molar-refractivity contribution in [1.29, 1.82) is 0 Å². The van der Waals surface area contributed by atoms with Gasteiger partial charge in [-0.2, -0.15) is 0 Å². The third-order valence-electron chi connectivity index (χ3n) is 1.49. The fourth-order valence-electron chi connectivity index (χ4n) is 0.815. The fourth-order valence-corrected chi connectivity index (χ4v) is 1.08. The molecule has 0 heterocycles. The largest absolute Gasteiger partial charge is 0.394 e. The molecule has 3 N–H and O–H groups in total. The zero-order valence-corrected chi connectivity index (χ0v) is 7.58. The summed E-state index contributed by atoms with van der Waals surface area (Å²) in [6.45, 7) is -0.0123. The second-order valence-electron chi connectivity index (χ2n) is 2.34. The van der Waals surface area contributed by atoms with Gasteiger partial charge in [0.2, 0.25) is 0 Å². The van der Waals surface area contributed by atoms with E-state index in [1.165, 1.54) is 0 Å². The number of aliphatic hydroxyl groups is 1. The van der Waals surface area contributed by atoms with Crippen LogP contribution in [-0.4, -0.2) is 11.7 Å². The van der Waals surface area contributed by atoms with Gasteiger partial charge in [0.05, 0.1) is 12.6 Å². The Morgan fingerprint density at radius 2 is 1.91 bits per heavy atom. The van der Waals surface area contributed by atoms with Crippen LogP contribution in [0.4, 0.5) is 0 Å². The number of halogens is 1. The van der Waals surface area contributed by atoms with Gasteiger partial charge in [-0.05, 0) is 17.7 Å². The molecule has 0 saturated heterocycles. The van der Waals surface area contributed by atoms with E-state index in [1.54, 1.807) is 0 Å². The fraction of sp³-hybridized carbons (Fsp3) is 0.250. The summed E-state index contributed by atoms with van der Waals surface area (Å²) in [5, 5.41) is 8.72. The molecule has 1 atom stereocenters. The molecule has 0 aliphatic rings. The lowest BCUT2D eigenvalue weighted by Gasteiger charge is -2.07. The minimum Gasteiger partial charge on any atom is -0.394 e. The molecule has 60 valence electrons. The van der Waals surface area contributed by atoms with Crippen LogP contribution in [0.2, 0.25) is 0 Å². The normalized spacial score (nSPS) is 13.0. The summed E-state index contributed by atoms with van der Waals surface area (Å²) in [4.78, 5) is 0. The monoisotopic (exact) mass is 215 g/mol. The Kier molecular flexibility index (Phi) is 3.05. The van der Waals surface area contributed by atoms with Crippen molar-refractivity contribution in [2.24, 2.45) is 5.73 Å². The van der Waals surface area contributed by atoms with Gasteiger partial charge in [-0.15, -0.1) is 0 Å². The van der Waals surface area contributed by atoms with Gasteiger partial charge in [-0.3, -0.25) is 0 Å². The van der Waals surface area contributed by atoms with E-state index in [4.69, 9.17) is 10.8 Å². The predicted molar refractivity (Wildman–Crippen MR) is 48.2 cm³/mol. The first-order valence-corrected chi connectivity index (χ1v) is 4.15. The summed E-state index contributed by atoms with van der Waals surface area (Å²) >= 11 is 3.31. The van der Waals surface area contributed by atoms with Gasteiger partial charge in [0, 0.05) is 4.47 Å². The van der Waals surface area contributed by atoms with Crippen molar-refractivity contribution in [2.75, 3.05) is 6.61 Å². The first kappa shape index (κ1) is 8.71. The van der Waals surface area contributed by atoms with E-state index < -0.39 is 0 Å². The number of aliphatic hydroxyl groups excluding tert-OH is 1. The van der Waals surface area contributed by atoms with Crippen LogP contribution in [0.15, 0.2) is 28.7 Å². The minimum absolute atomic E-state index is 0.0123. The highest BCUT2D eigenvalue weighted by Crippen LogP contribution is 2.14. The van der Waals surface area contributed by atoms with Crippen LogP contribution in [0.5, 0.6) is 0 Å². The number of hydrogen-bond donors (Lipinski definition) is 2. The molecule has 0 fully saturated rings. The van der Waals surface area contributed by atoms with Crippen LogP contribution in [0, 0.1) is 0 Å². The lowest BCUT2D eigenvalue weighted by molar-refractivity contribution is 0.268.